The monoisotopic (exact) mass is 368 g/mol. The van der Waals surface area contributed by atoms with Crippen LogP contribution in [-0.2, 0) is 11.3 Å². The number of benzene rings is 1. The van der Waals surface area contributed by atoms with E-state index in [1.54, 1.807) is 48.9 Å². The molecule has 3 rings (SSSR count). The lowest BCUT2D eigenvalue weighted by atomic mass is 10.1. The molecule has 0 spiro atoms. The van der Waals surface area contributed by atoms with Crippen molar-refractivity contribution in [2.24, 2.45) is 0 Å². The second-order valence-corrected chi connectivity index (χ2v) is 6.35. The van der Waals surface area contributed by atoms with Gasteiger partial charge in [0.1, 0.15) is 12.4 Å². The maximum absolute atomic E-state index is 12.4. The van der Waals surface area contributed by atoms with Crippen molar-refractivity contribution in [1.82, 2.24) is 10.3 Å². The van der Waals surface area contributed by atoms with Gasteiger partial charge >= 0.3 is 0 Å². The van der Waals surface area contributed by atoms with E-state index >= 15 is 0 Å². The van der Waals surface area contributed by atoms with Crippen LogP contribution in [0.3, 0.4) is 0 Å². The highest BCUT2D eigenvalue weighted by Crippen LogP contribution is 2.23. The van der Waals surface area contributed by atoms with Gasteiger partial charge < -0.3 is 14.8 Å². The maximum atomic E-state index is 12.4. The Balaban J connectivity index is 1.61. The molecule has 1 N–H and O–H groups in total. The molecule has 0 saturated heterocycles. The Kier molecular flexibility index (Phi) is 6.35. The number of thiophene rings is 1. The van der Waals surface area contributed by atoms with Gasteiger partial charge in [0.15, 0.2) is 0 Å². The predicted octanol–water partition coefficient (Wildman–Crippen LogP) is 3.77. The fourth-order valence-electron chi connectivity index (χ4n) is 2.46. The first kappa shape index (κ1) is 18.1. The van der Waals surface area contributed by atoms with E-state index in [-0.39, 0.29) is 5.91 Å². The predicted molar refractivity (Wildman–Crippen MR) is 103 cm³/mol. The number of rotatable bonds is 8. The second kappa shape index (κ2) is 9.12. The Morgan fingerprint density at radius 1 is 1.15 bits per heavy atom. The lowest BCUT2D eigenvalue weighted by molar-refractivity contribution is 0.0951. The summed E-state index contributed by atoms with van der Waals surface area (Å²) in [5, 5.41) is 7.02. The van der Waals surface area contributed by atoms with Gasteiger partial charge in [-0.25, -0.2) is 0 Å². The molecule has 0 atom stereocenters. The van der Waals surface area contributed by atoms with E-state index in [0.29, 0.717) is 31.1 Å². The third kappa shape index (κ3) is 4.68. The lowest BCUT2D eigenvalue weighted by Crippen LogP contribution is -2.23. The zero-order chi connectivity index (χ0) is 18.2. The highest BCUT2D eigenvalue weighted by Gasteiger charge is 2.10. The van der Waals surface area contributed by atoms with E-state index in [2.05, 4.69) is 15.7 Å². The van der Waals surface area contributed by atoms with Gasteiger partial charge in [0, 0.05) is 36.4 Å². The number of amides is 1. The number of hydrogen-bond donors (Lipinski definition) is 1. The molecule has 5 nitrogen and oxygen atoms in total. The van der Waals surface area contributed by atoms with Crippen molar-refractivity contribution < 1.29 is 14.3 Å². The van der Waals surface area contributed by atoms with Crippen LogP contribution in [0.4, 0.5) is 0 Å². The van der Waals surface area contributed by atoms with E-state index < -0.39 is 0 Å². The fourth-order valence-corrected chi connectivity index (χ4v) is 3.10. The molecular formula is C20H20N2O3S. The van der Waals surface area contributed by atoms with Gasteiger partial charge in [-0.3, -0.25) is 9.78 Å². The van der Waals surface area contributed by atoms with Crippen molar-refractivity contribution in [1.29, 1.82) is 0 Å². The van der Waals surface area contributed by atoms with Gasteiger partial charge in [-0.05, 0) is 47.3 Å². The van der Waals surface area contributed by atoms with Crippen molar-refractivity contribution in [2.45, 2.75) is 6.54 Å². The van der Waals surface area contributed by atoms with Gasteiger partial charge in [0.2, 0.25) is 0 Å². The Hall–Kier alpha value is -2.70. The number of carbonyl (C=O) groups excluding carboxylic acids is 1. The van der Waals surface area contributed by atoms with Gasteiger partial charge in [-0.2, -0.15) is 11.3 Å². The molecule has 2 heterocycles. The molecule has 6 heteroatoms. The van der Waals surface area contributed by atoms with Gasteiger partial charge in [-0.15, -0.1) is 0 Å². The first-order valence-electron chi connectivity index (χ1n) is 8.24. The van der Waals surface area contributed by atoms with E-state index in [9.17, 15) is 4.79 Å². The first-order chi connectivity index (χ1) is 12.8. The van der Waals surface area contributed by atoms with Crippen LogP contribution in [-0.4, -0.2) is 31.2 Å². The fraction of sp³-hybridized carbons (Fsp3) is 0.200. The summed E-state index contributed by atoms with van der Waals surface area (Å²) in [7, 11) is 1.63. The third-order valence-corrected chi connectivity index (χ3v) is 4.48. The standard InChI is InChI=1S/C20H20N2O3S/c1-24-10-11-25-18-6-4-15(5-7-18)20(23)22-13-16-3-2-9-21-19(16)17-8-12-26-14-17/h2-9,12,14H,10-11,13H2,1H3,(H,22,23). The minimum absolute atomic E-state index is 0.131. The van der Waals surface area contributed by atoms with E-state index in [1.165, 1.54) is 0 Å². The van der Waals surface area contributed by atoms with Crippen molar-refractivity contribution in [2.75, 3.05) is 20.3 Å². The number of nitrogens with zero attached hydrogens (tertiary/aromatic N) is 1. The molecule has 0 radical (unpaired) electrons. The highest BCUT2D eigenvalue weighted by atomic mass is 32.1. The van der Waals surface area contributed by atoms with Crippen LogP contribution >= 0.6 is 11.3 Å². The summed E-state index contributed by atoms with van der Waals surface area (Å²) >= 11 is 1.63. The van der Waals surface area contributed by atoms with Crippen molar-refractivity contribution in [3.8, 4) is 17.0 Å². The van der Waals surface area contributed by atoms with Crippen LogP contribution in [0, 0.1) is 0 Å². The summed E-state index contributed by atoms with van der Waals surface area (Å²) in [5.74, 6) is 0.583. The SMILES string of the molecule is COCCOc1ccc(C(=O)NCc2cccnc2-c2ccsc2)cc1. The zero-order valence-electron chi connectivity index (χ0n) is 14.5. The molecule has 3 aromatic rings. The quantitative estimate of drug-likeness (QED) is 0.615. The zero-order valence-corrected chi connectivity index (χ0v) is 15.3. The van der Waals surface area contributed by atoms with E-state index in [0.717, 1.165) is 16.8 Å². The average Bonchev–Trinajstić information content (AvgIpc) is 3.22. The molecule has 0 aliphatic carbocycles. The van der Waals surface area contributed by atoms with E-state index in [4.69, 9.17) is 9.47 Å². The Labute approximate surface area is 156 Å². The van der Waals surface area contributed by atoms with Crippen LogP contribution in [0.25, 0.3) is 11.3 Å². The van der Waals surface area contributed by atoms with Crippen LogP contribution in [0.2, 0.25) is 0 Å². The molecule has 1 aromatic carbocycles. The molecule has 0 aliphatic rings. The molecule has 2 aromatic heterocycles. The summed E-state index contributed by atoms with van der Waals surface area (Å²) < 4.78 is 10.4. The van der Waals surface area contributed by atoms with Gasteiger partial charge in [0.05, 0.1) is 12.3 Å². The topological polar surface area (TPSA) is 60.5 Å². The molecule has 0 saturated carbocycles. The number of nitrogens with one attached hydrogen (secondary N) is 1. The normalized spacial score (nSPS) is 10.5. The minimum Gasteiger partial charge on any atom is -0.491 e. The van der Waals surface area contributed by atoms with Crippen LogP contribution in [0.5, 0.6) is 5.75 Å². The molecule has 0 fully saturated rings. The van der Waals surface area contributed by atoms with Crippen LogP contribution in [0.15, 0.2) is 59.4 Å². The Morgan fingerprint density at radius 3 is 2.73 bits per heavy atom. The summed E-state index contributed by atoms with van der Waals surface area (Å²) in [6, 6.07) is 13.0. The third-order valence-electron chi connectivity index (χ3n) is 3.80. The summed E-state index contributed by atoms with van der Waals surface area (Å²) in [5.41, 5.74) is 3.54. The smallest absolute Gasteiger partial charge is 0.251 e. The highest BCUT2D eigenvalue weighted by molar-refractivity contribution is 7.08. The summed E-state index contributed by atoms with van der Waals surface area (Å²) in [6.45, 7) is 1.43. The number of ether oxygens (including phenoxy) is 2. The molecule has 0 aliphatic heterocycles. The van der Waals surface area contributed by atoms with Crippen LogP contribution < -0.4 is 10.1 Å². The van der Waals surface area contributed by atoms with Crippen LogP contribution in [0.1, 0.15) is 15.9 Å². The molecule has 1 amide bonds. The minimum atomic E-state index is -0.131. The molecular weight excluding hydrogens is 348 g/mol. The Bertz CT molecular complexity index is 833. The molecule has 0 unspecified atom stereocenters. The van der Waals surface area contributed by atoms with Crippen molar-refractivity contribution in [3.63, 3.8) is 0 Å². The molecule has 26 heavy (non-hydrogen) atoms. The summed E-state index contributed by atoms with van der Waals surface area (Å²) in [6.07, 6.45) is 1.76. The number of hydrogen-bond acceptors (Lipinski definition) is 5. The largest absolute Gasteiger partial charge is 0.491 e. The maximum Gasteiger partial charge on any atom is 0.251 e. The Morgan fingerprint density at radius 2 is 2.00 bits per heavy atom. The lowest BCUT2D eigenvalue weighted by Gasteiger charge is -2.10. The van der Waals surface area contributed by atoms with Gasteiger partial charge in [-0.1, -0.05) is 6.07 Å². The number of aromatic nitrogens is 1. The van der Waals surface area contributed by atoms with E-state index in [1.807, 2.05) is 23.6 Å². The second-order valence-electron chi connectivity index (χ2n) is 5.57. The molecule has 134 valence electrons. The number of carbonyl (C=O) groups is 1. The number of methoxy groups -OCH3 is 1. The van der Waals surface area contributed by atoms with Crippen molar-refractivity contribution in [3.05, 3.63) is 70.5 Å². The summed E-state index contributed by atoms with van der Waals surface area (Å²) in [4.78, 5) is 16.8. The first-order valence-corrected chi connectivity index (χ1v) is 9.18. The number of pyridine rings is 1. The molecule has 0 bridgehead atoms. The van der Waals surface area contributed by atoms with Crippen molar-refractivity contribution >= 4 is 17.2 Å². The average molecular weight is 368 g/mol. The van der Waals surface area contributed by atoms with Gasteiger partial charge in [0.25, 0.3) is 5.91 Å².